The number of carbonyl (C=O) groups is 1. The van der Waals surface area contributed by atoms with Crippen LogP contribution in [0.1, 0.15) is 23.2 Å². The first kappa shape index (κ1) is 12.4. The highest BCUT2D eigenvalue weighted by molar-refractivity contribution is 5.99. The molecule has 1 aliphatic heterocycles. The molecule has 1 aliphatic carbocycles. The Hall–Kier alpha value is -1.66. The number of carbonyl (C=O) groups excluding carboxylic acids is 1. The van der Waals surface area contributed by atoms with Crippen LogP contribution in [0.4, 0.5) is 5.69 Å². The van der Waals surface area contributed by atoms with Crippen molar-refractivity contribution in [3.8, 4) is 0 Å². The van der Waals surface area contributed by atoms with Crippen molar-refractivity contribution in [1.29, 1.82) is 0 Å². The molecule has 19 heavy (non-hydrogen) atoms. The summed E-state index contributed by atoms with van der Waals surface area (Å²) < 4.78 is 0. The summed E-state index contributed by atoms with van der Waals surface area (Å²) in [4.78, 5) is 20.8. The summed E-state index contributed by atoms with van der Waals surface area (Å²) in [6.45, 7) is 3.52. The van der Waals surface area contributed by atoms with Gasteiger partial charge in [-0.25, -0.2) is 0 Å². The van der Waals surface area contributed by atoms with Gasteiger partial charge in [0.2, 0.25) is 0 Å². The minimum Gasteiger partial charge on any atom is -0.336 e. The van der Waals surface area contributed by atoms with Crippen LogP contribution in [0.3, 0.4) is 0 Å². The van der Waals surface area contributed by atoms with Gasteiger partial charge in [-0.1, -0.05) is 0 Å². The number of nitrogens with zero attached hydrogens (tertiary/aromatic N) is 3. The topological polar surface area (TPSA) is 74.5 Å². The molecule has 1 amide bonds. The third-order valence-corrected chi connectivity index (χ3v) is 3.87. The molecule has 3 rings (SSSR count). The van der Waals surface area contributed by atoms with E-state index in [0.29, 0.717) is 11.3 Å². The highest BCUT2D eigenvalue weighted by Crippen LogP contribution is 2.27. The first-order valence-electron chi connectivity index (χ1n) is 6.73. The van der Waals surface area contributed by atoms with E-state index in [-0.39, 0.29) is 5.91 Å². The first-order chi connectivity index (χ1) is 9.29. The molecule has 2 aliphatic rings. The lowest BCUT2D eigenvalue weighted by Gasteiger charge is -2.35. The van der Waals surface area contributed by atoms with E-state index in [1.807, 2.05) is 4.90 Å². The van der Waals surface area contributed by atoms with Crippen LogP contribution in [0.15, 0.2) is 18.5 Å². The molecule has 0 aromatic carbocycles. The van der Waals surface area contributed by atoms with E-state index >= 15 is 0 Å². The SMILES string of the molecule is NNc1ccncc1C(=O)N1CCN(C2CC2)CC1. The number of amides is 1. The van der Waals surface area contributed by atoms with Crippen LogP contribution in [-0.2, 0) is 0 Å². The fraction of sp³-hybridized carbons (Fsp3) is 0.538. The third-order valence-electron chi connectivity index (χ3n) is 3.87. The van der Waals surface area contributed by atoms with Crippen LogP contribution in [0, 0.1) is 0 Å². The highest BCUT2D eigenvalue weighted by atomic mass is 16.2. The zero-order valence-corrected chi connectivity index (χ0v) is 10.9. The number of nitrogen functional groups attached to an aromatic ring is 1. The molecule has 0 radical (unpaired) electrons. The molecule has 3 N–H and O–H groups in total. The van der Waals surface area contributed by atoms with Crippen molar-refractivity contribution in [2.45, 2.75) is 18.9 Å². The number of nitrogens with two attached hydrogens (primary N) is 1. The predicted molar refractivity (Wildman–Crippen MR) is 72.5 cm³/mol. The zero-order valence-electron chi connectivity index (χ0n) is 10.9. The lowest BCUT2D eigenvalue weighted by atomic mass is 10.2. The summed E-state index contributed by atoms with van der Waals surface area (Å²) in [5, 5.41) is 0. The molecule has 1 aromatic rings. The maximum atomic E-state index is 12.4. The summed E-state index contributed by atoms with van der Waals surface area (Å²) in [6, 6.07) is 2.49. The fourth-order valence-corrected chi connectivity index (χ4v) is 2.59. The Balaban J connectivity index is 1.67. The monoisotopic (exact) mass is 261 g/mol. The second-order valence-electron chi connectivity index (χ2n) is 5.12. The van der Waals surface area contributed by atoms with Gasteiger partial charge in [0.1, 0.15) is 0 Å². The molecular formula is C13H19N5O. The quantitative estimate of drug-likeness (QED) is 0.604. The van der Waals surface area contributed by atoms with Crippen molar-refractivity contribution in [3.05, 3.63) is 24.0 Å². The molecule has 102 valence electrons. The van der Waals surface area contributed by atoms with Crippen LogP contribution in [0.25, 0.3) is 0 Å². The summed E-state index contributed by atoms with van der Waals surface area (Å²) in [5.41, 5.74) is 3.73. The summed E-state index contributed by atoms with van der Waals surface area (Å²) in [6.07, 6.45) is 5.83. The van der Waals surface area contributed by atoms with Crippen LogP contribution in [0.5, 0.6) is 0 Å². The van der Waals surface area contributed by atoms with Gasteiger partial charge in [-0.15, -0.1) is 0 Å². The van der Waals surface area contributed by atoms with Gasteiger partial charge in [0, 0.05) is 44.6 Å². The molecule has 1 saturated carbocycles. The summed E-state index contributed by atoms with van der Waals surface area (Å²) >= 11 is 0. The molecular weight excluding hydrogens is 242 g/mol. The number of nitrogens with one attached hydrogen (secondary N) is 1. The highest BCUT2D eigenvalue weighted by Gasteiger charge is 2.32. The average Bonchev–Trinajstić information content (AvgIpc) is 3.31. The Morgan fingerprint density at radius 3 is 2.68 bits per heavy atom. The number of piperazine rings is 1. The van der Waals surface area contributed by atoms with E-state index in [9.17, 15) is 4.79 Å². The normalized spacial score (nSPS) is 20.4. The van der Waals surface area contributed by atoms with Gasteiger partial charge >= 0.3 is 0 Å². The van der Waals surface area contributed by atoms with Gasteiger partial charge in [-0.2, -0.15) is 0 Å². The zero-order chi connectivity index (χ0) is 13.2. The molecule has 0 unspecified atom stereocenters. The van der Waals surface area contributed by atoms with Gasteiger partial charge in [0.05, 0.1) is 11.3 Å². The second kappa shape index (κ2) is 5.14. The van der Waals surface area contributed by atoms with E-state index in [1.54, 1.807) is 18.5 Å². The van der Waals surface area contributed by atoms with Crippen LogP contribution < -0.4 is 11.3 Å². The van der Waals surface area contributed by atoms with Crippen molar-refractivity contribution >= 4 is 11.6 Å². The number of pyridine rings is 1. The molecule has 2 heterocycles. The van der Waals surface area contributed by atoms with Crippen molar-refractivity contribution in [1.82, 2.24) is 14.8 Å². The lowest BCUT2D eigenvalue weighted by molar-refractivity contribution is 0.0628. The summed E-state index contributed by atoms with van der Waals surface area (Å²) in [5.74, 6) is 5.44. The standard InChI is InChI=1S/C13H19N5O/c14-16-12-3-4-15-9-11(12)13(19)18-7-5-17(6-8-18)10-1-2-10/h3-4,9-10H,1-2,5-8,14H2,(H,15,16). The largest absolute Gasteiger partial charge is 0.336 e. The van der Waals surface area contributed by atoms with Crippen molar-refractivity contribution in [2.75, 3.05) is 31.6 Å². The lowest BCUT2D eigenvalue weighted by Crippen LogP contribution is -2.49. The minimum absolute atomic E-state index is 0.0106. The Kier molecular flexibility index (Phi) is 3.35. The van der Waals surface area contributed by atoms with Gasteiger partial charge in [-0.05, 0) is 18.9 Å². The molecule has 1 saturated heterocycles. The van der Waals surface area contributed by atoms with Gasteiger partial charge in [-0.3, -0.25) is 20.5 Å². The number of hydrogen-bond acceptors (Lipinski definition) is 5. The van der Waals surface area contributed by atoms with E-state index in [4.69, 9.17) is 5.84 Å². The second-order valence-corrected chi connectivity index (χ2v) is 5.12. The van der Waals surface area contributed by atoms with E-state index in [2.05, 4.69) is 15.3 Å². The summed E-state index contributed by atoms with van der Waals surface area (Å²) in [7, 11) is 0. The maximum Gasteiger partial charge on any atom is 0.257 e. The average molecular weight is 261 g/mol. The van der Waals surface area contributed by atoms with Crippen molar-refractivity contribution in [3.63, 3.8) is 0 Å². The number of hydrazine groups is 1. The van der Waals surface area contributed by atoms with Gasteiger partial charge in [0.25, 0.3) is 5.91 Å². The van der Waals surface area contributed by atoms with Crippen LogP contribution >= 0.6 is 0 Å². The Bertz CT molecular complexity index is 466. The number of aromatic nitrogens is 1. The fourth-order valence-electron chi connectivity index (χ4n) is 2.59. The Morgan fingerprint density at radius 2 is 2.05 bits per heavy atom. The molecule has 0 spiro atoms. The predicted octanol–water partition coefficient (Wildman–Crippen LogP) is 0.287. The van der Waals surface area contributed by atoms with E-state index in [0.717, 1.165) is 32.2 Å². The van der Waals surface area contributed by atoms with Crippen LogP contribution in [-0.4, -0.2) is 52.9 Å². The van der Waals surface area contributed by atoms with Crippen molar-refractivity contribution in [2.24, 2.45) is 5.84 Å². The molecule has 6 nitrogen and oxygen atoms in total. The van der Waals surface area contributed by atoms with E-state index < -0.39 is 0 Å². The number of anilines is 1. The van der Waals surface area contributed by atoms with Gasteiger partial charge in [0.15, 0.2) is 0 Å². The minimum atomic E-state index is 0.0106. The third kappa shape index (κ3) is 2.54. The van der Waals surface area contributed by atoms with Crippen LogP contribution in [0.2, 0.25) is 0 Å². The Morgan fingerprint density at radius 1 is 1.32 bits per heavy atom. The Labute approximate surface area is 112 Å². The smallest absolute Gasteiger partial charge is 0.257 e. The van der Waals surface area contributed by atoms with Crippen molar-refractivity contribution < 1.29 is 4.79 Å². The molecule has 6 heteroatoms. The number of rotatable bonds is 3. The van der Waals surface area contributed by atoms with E-state index in [1.165, 1.54) is 12.8 Å². The number of hydrogen-bond donors (Lipinski definition) is 2. The molecule has 2 fully saturated rings. The molecule has 0 atom stereocenters. The first-order valence-corrected chi connectivity index (χ1v) is 6.73. The molecule has 0 bridgehead atoms. The molecule has 1 aromatic heterocycles. The maximum absolute atomic E-state index is 12.4. The van der Waals surface area contributed by atoms with Gasteiger partial charge < -0.3 is 10.3 Å².